The minimum Gasteiger partial charge on any atom is -0.315 e. The second kappa shape index (κ2) is 3.75. The van der Waals surface area contributed by atoms with Gasteiger partial charge in [-0.05, 0) is 39.7 Å². The van der Waals surface area contributed by atoms with Gasteiger partial charge in [-0.15, -0.1) is 0 Å². The normalized spacial score (nSPS) is 32.0. The van der Waals surface area contributed by atoms with Crippen LogP contribution in [0.3, 0.4) is 0 Å². The first-order valence-corrected chi connectivity index (χ1v) is 4.97. The first kappa shape index (κ1) is 10.0. The van der Waals surface area contributed by atoms with Crippen LogP contribution in [0.2, 0.25) is 0 Å². The van der Waals surface area contributed by atoms with Crippen molar-refractivity contribution in [3.8, 4) is 0 Å². The largest absolute Gasteiger partial charge is 0.315 e. The summed E-state index contributed by atoms with van der Waals surface area (Å²) < 4.78 is 0. The lowest BCUT2D eigenvalue weighted by molar-refractivity contribution is 0.244. The molecule has 0 radical (unpaired) electrons. The molecule has 1 saturated heterocycles. The van der Waals surface area contributed by atoms with E-state index in [0.29, 0.717) is 6.04 Å². The fourth-order valence-electron chi connectivity index (χ4n) is 1.74. The second-order valence-corrected chi connectivity index (χ2v) is 4.97. The summed E-state index contributed by atoms with van der Waals surface area (Å²) in [6.45, 7) is 11.3. The Balaban J connectivity index is 2.39. The van der Waals surface area contributed by atoms with Crippen LogP contribution < -0.4 is 10.6 Å². The zero-order valence-corrected chi connectivity index (χ0v) is 8.78. The van der Waals surface area contributed by atoms with E-state index in [9.17, 15) is 0 Å². The minimum atomic E-state index is 0.248. The predicted octanol–water partition coefficient (Wildman–Crippen LogP) is 1.37. The molecule has 1 fully saturated rings. The summed E-state index contributed by atoms with van der Waals surface area (Å²) >= 11 is 0. The smallest absolute Gasteiger partial charge is 0.0223 e. The van der Waals surface area contributed by atoms with Crippen molar-refractivity contribution in [1.29, 1.82) is 0 Å². The molecule has 0 aromatic heterocycles. The Hall–Kier alpha value is -0.0800. The summed E-state index contributed by atoms with van der Waals surface area (Å²) in [5, 5.41) is 7.07. The van der Waals surface area contributed by atoms with E-state index in [1.54, 1.807) is 0 Å². The van der Waals surface area contributed by atoms with Gasteiger partial charge in [-0.1, -0.05) is 6.92 Å². The summed E-state index contributed by atoms with van der Waals surface area (Å²) in [6.07, 6.45) is 1.30. The first-order valence-electron chi connectivity index (χ1n) is 4.97. The maximum atomic E-state index is 3.65. The van der Waals surface area contributed by atoms with Crippen LogP contribution in [0.4, 0.5) is 0 Å². The molecule has 0 bridgehead atoms. The molecule has 0 spiro atoms. The molecule has 0 saturated carbocycles. The molecule has 2 N–H and O–H groups in total. The van der Waals surface area contributed by atoms with Gasteiger partial charge in [0.05, 0.1) is 0 Å². The summed E-state index contributed by atoms with van der Waals surface area (Å²) in [5.74, 6) is 0.811. The molecule has 0 aromatic rings. The van der Waals surface area contributed by atoms with Gasteiger partial charge in [0.1, 0.15) is 0 Å². The molecule has 2 heteroatoms. The number of rotatable bonds is 1. The average Bonchev–Trinajstić information content (AvgIpc) is 1.91. The van der Waals surface area contributed by atoms with Gasteiger partial charge in [0.2, 0.25) is 0 Å². The Labute approximate surface area is 76.1 Å². The van der Waals surface area contributed by atoms with Crippen LogP contribution in [0.15, 0.2) is 0 Å². The second-order valence-electron chi connectivity index (χ2n) is 4.97. The van der Waals surface area contributed by atoms with Gasteiger partial charge in [-0.2, -0.15) is 0 Å². The summed E-state index contributed by atoms with van der Waals surface area (Å²) in [5.41, 5.74) is 0.248. The van der Waals surface area contributed by atoms with Crippen molar-refractivity contribution in [2.75, 3.05) is 13.1 Å². The highest BCUT2D eigenvalue weighted by Crippen LogP contribution is 2.14. The van der Waals surface area contributed by atoms with Crippen molar-refractivity contribution >= 4 is 0 Å². The average molecular weight is 170 g/mol. The fraction of sp³-hybridized carbons (Fsp3) is 1.00. The van der Waals surface area contributed by atoms with Gasteiger partial charge < -0.3 is 10.6 Å². The highest BCUT2D eigenvalue weighted by atomic mass is 15.0. The van der Waals surface area contributed by atoms with Crippen LogP contribution in [0, 0.1) is 5.92 Å². The lowest BCUT2D eigenvalue weighted by atomic mass is 9.92. The van der Waals surface area contributed by atoms with Crippen molar-refractivity contribution in [2.24, 2.45) is 5.92 Å². The van der Waals surface area contributed by atoms with Gasteiger partial charge in [-0.25, -0.2) is 0 Å². The zero-order chi connectivity index (χ0) is 9.19. The maximum Gasteiger partial charge on any atom is 0.0223 e. The third-order valence-corrected chi connectivity index (χ3v) is 2.45. The van der Waals surface area contributed by atoms with Crippen molar-refractivity contribution < 1.29 is 0 Å². The zero-order valence-electron chi connectivity index (χ0n) is 8.78. The van der Waals surface area contributed by atoms with Crippen molar-refractivity contribution in [1.82, 2.24) is 10.6 Å². The number of hydrogen-bond donors (Lipinski definition) is 2. The fourth-order valence-corrected chi connectivity index (χ4v) is 1.74. The SMILES string of the molecule is CC1CCNC[C@H]1NC(C)(C)C. The van der Waals surface area contributed by atoms with Crippen LogP contribution >= 0.6 is 0 Å². The van der Waals surface area contributed by atoms with Gasteiger partial charge in [0.25, 0.3) is 0 Å². The third kappa shape index (κ3) is 3.11. The Morgan fingerprint density at radius 1 is 1.33 bits per heavy atom. The van der Waals surface area contributed by atoms with Crippen molar-refractivity contribution in [2.45, 2.75) is 45.7 Å². The standard InChI is InChI=1S/C10H22N2/c1-8-5-6-11-7-9(8)12-10(2,3)4/h8-9,11-12H,5-7H2,1-4H3/t8?,9-/m1/s1. The Morgan fingerprint density at radius 2 is 2.00 bits per heavy atom. The molecule has 2 nitrogen and oxygen atoms in total. The quantitative estimate of drug-likeness (QED) is 0.621. The molecule has 1 aliphatic heterocycles. The van der Waals surface area contributed by atoms with E-state index < -0.39 is 0 Å². The topological polar surface area (TPSA) is 24.1 Å². The van der Waals surface area contributed by atoms with Crippen LogP contribution in [0.1, 0.15) is 34.1 Å². The number of hydrogen-bond acceptors (Lipinski definition) is 2. The van der Waals surface area contributed by atoms with Gasteiger partial charge in [0, 0.05) is 18.1 Å². The molecule has 2 atom stereocenters. The molecule has 0 aromatic carbocycles. The molecule has 1 heterocycles. The number of nitrogens with one attached hydrogen (secondary N) is 2. The van der Waals surface area contributed by atoms with Gasteiger partial charge >= 0.3 is 0 Å². The molecule has 12 heavy (non-hydrogen) atoms. The van der Waals surface area contributed by atoms with E-state index in [4.69, 9.17) is 0 Å². The van der Waals surface area contributed by atoms with E-state index in [0.717, 1.165) is 12.5 Å². The summed E-state index contributed by atoms with van der Waals surface area (Å²) in [4.78, 5) is 0. The lowest BCUT2D eigenvalue weighted by Gasteiger charge is -2.35. The molecule has 1 rings (SSSR count). The molecule has 0 aliphatic carbocycles. The molecule has 72 valence electrons. The number of piperidine rings is 1. The van der Waals surface area contributed by atoms with E-state index in [2.05, 4.69) is 38.3 Å². The lowest BCUT2D eigenvalue weighted by Crippen LogP contribution is -2.54. The van der Waals surface area contributed by atoms with E-state index in [-0.39, 0.29) is 5.54 Å². The van der Waals surface area contributed by atoms with E-state index in [1.165, 1.54) is 13.0 Å². The molecular weight excluding hydrogens is 148 g/mol. The molecule has 1 unspecified atom stereocenters. The van der Waals surface area contributed by atoms with Crippen molar-refractivity contribution in [3.63, 3.8) is 0 Å². The predicted molar refractivity (Wildman–Crippen MR) is 53.3 cm³/mol. The molecule has 1 aliphatic rings. The Bertz CT molecular complexity index is 137. The molecule has 0 amide bonds. The van der Waals surface area contributed by atoms with Crippen LogP contribution in [-0.2, 0) is 0 Å². The highest BCUT2D eigenvalue weighted by Gasteiger charge is 2.24. The van der Waals surface area contributed by atoms with E-state index in [1.807, 2.05) is 0 Å². The maximum absolute atomic E-state index is 3.65. The molecular formula is C10H22N2. The van der Waals surface area contributed by atoms with E-state index >= 15 is 0 Å². The van der Waals surface area contributed by atoms with Gasteiger partial charge in [0.15, 0.2) is 0 Å². The minimum absolute atomic E-state index is 0.248. The van der Waals surface area contributed by atoms with Crippen molar-refractivity contribution in [3.05, 3.63) is 0 Å². The van der Waals surface area contributed by atoms with Crippen LogP contribution in [0.5, 0.6) is 0 Å². The van der Waals surface area contributed by atoms with Crippen LogP contribution in [0.25, 0.3) is 0 Å². The summed E-state index contributed by atoms with van der Waals surface area (Å²) in [6, 6.07) is 0.652. The summed E-state index contributed by atoms with van der Waals surface area (Å²) in [7, 11) is 0. The Kier molecular flexibility index (Phi) is 3.13. The van der Waals surface area contributed by atoms with Gasteiger partial charge in [-0.3, -0.25) is 0 Å². The third-order valence-electron chi connectivity index (χ3n) is 2.45. The Morgan fingerprint density at radius 3 is 2.50 bits per heavy atom. The first-order chi connectivity index (χ1) is 5.49. The van der Waals surface area contributed by atoms with Crippen LogP contribution in [-0.4, -0.2) is 24.7 Å². The highest BCUT2D eigenvalue weighted by molar-refractivity contribution is 4.85. The monoisotopic (exact) mass is 170 g/mol.